The van der Waals surface area contributed by atoms with Gasteiger partial charge in [0.05, 0.1) is 13.2 Å². The maximum Gasteiger partial charge on any atom is 0.246 e. The summed E-state index contributed by atoms with van der Waals surface area (Å²) in [6, 6.07) is 0.188. The Balaban J connectivity index is 3.35. The number of halogens is 1. The monoisotopic (exact) mass is 267 g/mol. The Morgan fingerprint density at radius 1 is 1.50 bits per heavy atom. The van der Waals surface area contributed by atoms with Crippen LogP contribution in [0.1, 0.15) is 13.3 Å². The van der Waals surface area contributed by atoms with Gasteiger partial charge in [0.2, 0.25) is 5.91 Å². The first-order valence-corrected chi connectivity index (χ1v) is 5.74. The standard InChI is InChI=1S/C9H18BrNO3/c1-8(3-4-10)11-9(12)7-14-6-5-13-2/h8H,3-7H2,1-2H3,(H,11,12). The van der Waals surface area contributed by atoms with Crippen molar-refractivity contribution in [3.05, 3.63) is 0 Å². The van der Waals surface area contributed by atoms with Crippen molar-refractivity contribution in [2.24, 2.45) is 0 Å². The van der Waals surface area contributed by atoms with Gasteiger partial charge in [-0.05, 0) is 13.3 Å². The fourth-order valence-electron chi connectivity index (χ4n) is 0.859. The molecule has 1 atom stereocenters. The minimum absolute atomic E-state index is 0.0745. The maximum atomic E-state index is 11.2. The normalized spacial score (nSPS) is 12.5. The van der Waals surface area contributed by atoms with Crippen molar-refractivity contribution < 1.29 is 14.3 Å². The van der Waals surface area contributed by atoms with Gasteiger partial charge in [-0.3, -0.25) is 4.79 Å². The van der Waals surface area contributed by atoms with E-state index in [2.05, 4.69) is 21.2 Å². The van der Waals surface area contributed by atoms with Crippen LogP contribution in [0, 0.1) is 0 Å². The van der Waals surface area contributed by atoms with Crippen LogP contribution in [0.3, 0.4) is 0 Å². The third-order valence-electron chi connectivity index (χ3n) is 1.61. The van der Waals surface area contributed by atoms with Crippen LogP contribution in [-0.2, 0) is 14.3 Å². The molecule has 0 saturated heterocycles. The molecule has 0 aromatic carbocycles. The number of carbonyl (C=O) groups is 1. The van der Waals surface area contributed by atoms with E-state index >= 15 is 0 Å². The molecule has 0 rings (SSSR count). The molecule has 0 radical (unpaired) electrons. The molecule has 84 valence electrons. The number of carbonyl (C=O) groups excluding carboxylic acids is 1. The van der Waals surface area contributed by atoms with E-state index in [-0.39, 0.29) is 18.6 Å². The van der Waals surface area contributed by atoms with Crippen molar-refractivity contribution in [1.29, 1.82) is 0 Å². The number of ether oxygens (including phenoxy) is 2. The largest absolute Gasteiger partial charge is 0.382 e. The minimum atomic E-state index is -0.0745. The Morgan fingerprint density at radius 3 is 2.79 bits per heavy atom. The highest BCUT2D eigenvalue weighted by molar-refractivity contribution is 9.09. The molecule has 0 aromatic rings. The molecular weight excluding hydrogens is 250 g/mol. The summed E-state index contributed by atoms with van der Waals surface area (Å²) in [7, 11) is 1.60. The van der Waals surface area contributed by atoms with E-state index in [0.29, 0.717) is 13.2 Å². The molecule has 0 heterocycles. The quantitative estimate of drug-likeness (QED) is 0.526. The molecule has 1 amide bonds. The minimum Gasteiger partial charge on any atom is -0.382 e. The summed E-state index contributed by atoms with van der Waals surface area (Å²) in [6.07, 6.45) is 0.920. The molecule has 0 aromatic heterocycles. The van der Waals surface area contributed by atoms with Crippen molar-refractivity contribution in [2.45, 2.75) is 19.4 Å². The lowest BCUT2D eigenvalue weighted by Crippen LogP contribution is -2.35. The molecule has 1 unspecified atom stereocenters. The van der Waals surface area contributed by atoms with Gasteiger partial charge in [0.1, 0.15) is 6.61 Å². The summed E-state index contributed by atoms with van der Waals surface area (Å²) in [5.74, 6) is -0.0745. The smallest absolute Gasteiger partial charge is 0.246 e. The SMILES string of the molecule is COCCOCC(=O)NC(C)CCBr. The van der Waals surface area contributed by atoms with Crippen LogP contribution in [0.2, 0.25) is 0 Å². The lowest BCUT2D eigenvalue weighted by Gasteiger charge is -2.12. The molecule has 0 aliphatic rings. The average Bonchev–Trinajstić information content (AvgIpc) is 2.13. The molecule has 0 aliphatic heterocycles. The number of nitrogens with one attached hydrogen (secondary N) is 1. The number of amides is 1. The summed E-state index contributed by atoms with van der Waals surface area (Å²) in [4.78, 5) is 11.2. The highest BCUT2D eigenvalue weighted by Gasteiger charge is 2.05. The van der Waals surface area contributed by atoms with Crippen LogP contribution < -0.4 is 5.32 Å². The first-order chi connectivity index (χ1) is 6.70. The third-order valence-corrected chi connectivity index (χ3v) is 2.07. The van der Waals surface area contributed by atoms with E-state index in [1.54, 1.807) is 7.11 Å². The lowest BCUT2D eigenvalue weighted by atomic mass is 10.2. The highest BCUT2D eigenvalue weighted by atomic mass is 79.9. The summed E-state index contributed by atoms with van der Waals surface area (Å²) >= 11 is 3.31. The van der Waals surface area contributed by atoms with Crippen LogP contribution >= 0.6 is 15.9 Å². The van der Waals surface area contributed by atoms with Gasteiger partial charge in [0.25, 0.3) is 0 Å². The Kier molecular flexibility index (Phi) is 9.34. The maximum absolute atomic E-state index is 11.2. The van der Waals surface area contributed by atoms with E-state index in [4.69, 9.17) is 9.47 Å². The van der Waals surface area contributed by atoms with E-state index in [1.807, 2.05) is 6.92 Å². The number of hydrogen-bond acceptors (Lipinski definition) is 3. The summed E-state index contributed by atoms with van der Waals surface area (Å²) in [6.45, 7) is 3.05. The fraction of sp³-hybridized carbons (Fsp3) is 0.889. The number of rotatable bonds is 8. The second-order valence-electron chi connectivity index (χ2n) is 2.99. The molecule has 4 nitrogen and oxygen atoms in total. The molecular formula is C9H18BrNO3. The highest BCUT2D eigenvalue weighted by Crippen LogP contribution is 1.94. The Hall–Kier alpha value is -0.130. The van der Waals surface area contributed by atoms with Gasteiger partial charge < -0.3 is 14.8 Å². The van der Waals surface area contributed by atoms with Crippen LogP contribution in [0.15, 0.2) is 0 Å². The van der Waals surface area contributed by atoms with Crippen molar-refractivity contribution in [1.82, 2.24) is 5.32 Å². The molecule has 0 spiro atoms. The van der Waals surface area contributed by atoms with Crippen molar-refractivity contribution in [3.8, 4) is 0 Å². The molecule has 5 heteroatoms. The Bertz CT molecular complexity index is 155. The molecule has 14 heavy (non-hydrogen) atoms. The van der Waals surface area contributed by atoms with Crippen molar-refractivity contribution >= 4 is 21.8 Å². The topological polar surface area (TPSA) is 47.6 Å². The van der Waals surface area contributed by atoms with Crippen LogP contribution in [0.5, 0.6) is 0 Å². The van der Waals surface area contributed by atoms with Gasteiger partial charge in [0.15, 0.2) is 0 Å². The third kappa shape index (κ3) is 8.47. The number of methoxy groups -OCH3 is 1. The second-order valence-corrected chi connectivity index (χ2v) is 3.78. The molecule has 0 aliphatic carbocycles. The summed E-state index contributed by atoms with van der Waals surface area (Å²) < 4.78 is 9.85. The van der Waals surface area contributed by atoms with Gasteiger partial charge in [-0.2, -0.15) is 0 Å². The summed E-state index contributed by atoms with van der Waals surface area (Å²) in [5.41, 5.74) is 0. The van der Waals surface area contributed by atoms with Crippen molar-refractivity contribution in [3.63, 3.8) is 0 Å². The Labute approximate surface area is 93.5 Å². The Morgan fingerprint density at radius 2 is 2.21 bits per heavy atom. The van der Waals surface area contributed by atoms with Gasteiger partial charge >= 0.3 is 0 Å². The van der Waals surface area contributed by atoms with E-state index < -0.39 is 0 Å². The number of alkyl halides is 1. The van der Waals surface area contributed by atoms with Crippen LogP contribution in [0.25, 0.3) is 0 Å². The predicted molar refractivity (Wildman–Crippen MR) is 58.7 cm³/mol. The first kappa shape index (κ1) is 13.9. The fourth-order valence-corrected chi connectivity index (χ4v) is 1.55. The van der Waals surface area contributed by atoms with Gasteiger partial charge in [-0.15, -0.1) is 0 Å². The molecule has 0 fully saturated rings. The first-order valence-electron chi connectivity index (χ1n) is 4.62. The predicted octanol–water partition coefficient (Wildman–Crippen LogP) is 0.939. The average molecular weight is 268 g/mol. The zero-order valence-corrected chi connectivity index (χ0v) is 10.3. The van der Waals surface area contributed by atoms with Gasteiger partial charge in [-0.1, -0.05) is 15.9 Å². The van der Waals surface area contributed by atoms with Crippen LogP contribution in [0.4, 0.5) is 0 Å². The van der Waals surface area contributed by atoms with Crippen LogP contribution in [-0.4, -0.2) is 44.2 Å². The zero-order valence-electron chi connectivity index (χ0n) is 8.72. The molecule has 1 N–H and O–H groups in total. The molecule has 0 saturated carbocycles. The second kappa shape index (κ2) is 9.43. The van der Waals surface area contributed by atoms with E-state index in [9.17, 15) is 4.79 Å². The molecule has 0 bridgehead atoms. The lowest BCUT2D eigenvalue weighted by molar-refractivity contribution is -0.126. The van der Waals surface area contributed by atoms with Gasteiger partial charge in [0, 0.05) is 18.5 Å². The van der Waals surface area contributed by atoms with Crippen molar-refractivity contribution in [2.75, 3.05) is 32.3 Å². The number of hydrogen-bond donors (Lipinski definition) is 1. The van der Waals surface area contributed by atoms with E-state index in [0.717, 1.165) is 11.8 Å². The summed E-state index contributed by atoms with van der Waals surface area (Å²) in [5, 5.41) is 3.71. The zero-order chi connectivity index (χ0) is 10.8. The van der Waals surface area contributed by atoms with E-state index in [1.165, 1.54) is 0 Å². The van der Waals surface area contributed by atoms with Gasteiger partial charge in [-0.25, -0.2) is 0 Å².